The molecule has 0 bridgehead atoms. The number of para-hydroxylation sites is 1. The molecule has 1 aliphatic heterocycles. The van der Waals surface area contributed by atoms with E-state index in [0.717, 1.165) is 12.1 Å². The van der Waals surface area contributed by atoms with Crippen molar-refractivity contribution in [2.45, 2.75) is 18.4 Å². The van der Waals surface area contributed by atoms with E-state index in [0.29, 0.717) is 25.3 Å². The number of fused-ring (bicyclic) bond motifs is 1. The molecule has 3 aromatic rings. The number of hydrogen-bond donors (Lipinski definition) is 2. The number of β-amino-alcohol motifs (C(OH)–C–C–N with tert-alkyl or cyclic N) is 1. The van der Waals surface area contributed by atoms with Crippen LogP contribution in [0.25, 0.3) is 11.0 Å². The van der Waals surface area contributed by atoms with Crippen molar-refractivity contribution < 1.29 is 19.4 Å². The van der Waals surface area contributed by atoms with Crippen molar-refractivity contribution in [1.82, 2.24) is 4.90 Å². The number of rotatable bonds is 4. The zero-order chi connectivity index (χ0) is 20.5. The molecule has 0 radical (unpaired) electrons. The van der Waals surface area contributed by atoms with Gasteiger partial charge in [-0.05, 0) is 37.3 Å². The lowest BCUT2D eigenvalue weighted by Crippen LogP contribution is -2.40. The van der Waals surface area contributed by atoms with Gasteiger partial charge in [-0.3, -0.25) is 4.79 Å². The van der Waals surface area contributed by atoms with Crippen LogP contribution in [0.15, 0.2) is 56.9 Å². The van der Waals surface area contributed by atoms with Gasteiger partial charge in [-0.2, -0.15) is 0 Å². The summed E-state index contributed by atoms with van der Waals surface area (Å²) in [7, 11) is 1.89. The number of phenols is 1. The average molecular weight is 396 g/mol. The minimum Gasteiger partial charge on any atom is -0.507 e. The molecule has 1 aliphatic rings. The van der Waals surface area contributed by atoms with Crippen molar-refractivity contribution in [3.63, 3.8) is 0 Å². The van der Waals surface area contributed by atoms with Gasteiger partial charge in [-0.1, -0.05) is 18.2 Å². The Hall–Kier alpha value is -3.23. The van der Waals surface area contributed by atoms with Crippen LogP contribution in [0.5, 0.6) is 17.4 Å². The van der Waals surface area contributed by atoms with Gasteiger partial charge >= 0.3 is 0 Å². The molecule has 1 saturated heterocycles. The van der Waals surface area contributed by atoms with Crippen molar-refractivity contribution in [2.24, 2.45) is 5.18 Å². The molecular formula is C21H20N2O6. The van der Waals surface area contributed by atoms with Crippen molar-refractivity contribution in [3.05, 3.63) is 63.2 Å². The van der Waals surface area contributed by atoms with E-state index < -0.39 is 17.5 Å². The molecule has 0 amide bonds. The Labute approximate surface area is 165 Å². The van der Waals surface area contributed by atoms with Crippen molar-refractivity contribution in [2.75, 3.05) is 20.1 Å². The van der Waals surface area contributed by atoms with E-state index in [4.69, 9.17) is 9.15 Å². The molecule has 0 saturated carbocycles. The first-order valence-electron chi connectivity index (χ1n) is 9.24. The number of likely N-dealkylation sites (N-methyl/N-ethyl adjacent to an activating group) is 1. The molecule has 4 rings (SSSR count). The maximum absolute atomic E-state index is 12.8. The fourth-order valence-electron chi connectivity index (χ4n) is 3.81. The van der Waals surface area contributed by atoms with Crippen LogP contribution in [0.4, 0.5) is 5.69 Å². The van der Waals surface area contributed by atoms with Crippen LogP contribution < -0.4 is 10.2 Å². The summed E-state index contributed by atoms with van der Waals surface area (Å²) in [4.78, 5) is 26.0. The Bertz CT molecular complexity index is 1110. The van der Waals surface area contributed by atoms with Gasteiger partial charge < -0.3 is 24.3 Å². The second-order valence-corrected chi connectivity index (χ2v) is 7.19. The zero-order valence-corrected chi connectivity index (χ0v) is 15.7. The third-order valence-electron chi connectivity index (χ3n) is 5.19. The monoisotopic (exact) mass is 396 g/mol. The van der Waals surface area contributed by atoms with Gasteiger partial charge in [0.05, 0.1) is 17.6 Å². The second kappa shape index (κ2) is 7.65. The first-order chi connectivity index (χ1) is 14.0. The molecule has 0 spiro atoms. The third-order valence-corrected chi connectivity index (χ3v) is 5.19. The standard InChI is InChI=1S/C21H20N2O6/c1-23-8-7-13(17(26)11-23)19-15(24)9-14(22-27)20-16(25)10-18(29-21(19)20)28-12-5-3-2-4-6-12/h2-6,9-10,13,17,24,26H,7-8,11H2,1H3. The number of nitrogens with zero attached hydrogens (tertiary/aromatic N) is 2. The lowest BCUT2D eigenvalue weighted by Gasteiger charge is -2.34. The molecular weight excluding hydrogens is 376 g/mol. The number of aromatic hydroxyl groups is 1. The maximum atomic E-state index is 12.8. The predicted molar refractivity (Wildman–Crippen MR) is 107 cm³/mol. The van der Waals surface area contributed by atoms with Crippen LogP contribution in [-0.2, 0) is 0 Å². The number of ether oxygens (including phenoxy) is 1. The van der Waals surface area contributed by atoms with E-state index in [-0.39, 0.29) is 33.9 Å². The SMILES string of the molecule is CN1CCC(c2c(O)cc(N=O)c3c(=O)cc(Oc4ccccc4)oc23)C(O)C1. The minimum absolute atomic E-state index is 0.00614. The van der Waals surface area contributed by atoms with Gasteiger partial charge in [0.15, 0.2) is 11.0 Å². The number of benzene rings is 2. The van der Waals surface area contributed by atoms with Crippen molar-refractivity contribution in [1.29, 1.82) is 0 Å². The summed E-state index contributed by atoms with van der Waals surface area (Å²) in [5.74, 6) is -0.338. The van der Waals surface area contributed by atoms with E-state index in [2.05, 4.69) is 5.18 Å². The Morgan fingerprint density at radius 2 is 2.00 bits per heavy atom. The highest BCUT2D eigenvalue weighted by atomic mass is 16.6. The van der Waals surface area contributed by atoms with Crippen LogP contribution in [0.1, 0.15) is 17.9 Å². The Morgan fingerprint density at radius 1 is 1.24 bits per heavy atom. The summed E-state index contributed by atoms with van der Waals surface area (Å²) in [6, 6.07) is 11.0. The number of aliphatic hydroxyl groups is 1. The fraction of sp³-hybridized carbons (Fsp3) is 0.286. The van der Waals surface area contributed by atoms with Gasteiger partial charge in [0.25, 0.3) is 5.95 Å². The van der Waals surface area contributed by atoms with Gasteiger partial charge in [-0.25, -0.2) is 0 Å². The number of likely N-dealkylation sites (tertiary alicyclic amines) is 1. The van der Waals surface area contributed by atoms with Crippen LogP contribution in [0.2, 0.25) is 0 Å². The van der Waals surface area contributed by atoms with Crippen LogP contribution in [0, 0.1) is 4.91 Å². The number of piperidine rings is 1. The summed E-state index contributed by atoms with van der Waals surface area (Å²) in [6.07, 6.45) is -0.233. The summed E-state index contributed by atoms with van der Waals surface area (Å²) >= 11 is 0. The second-order valence-electron chi connectivity index (χ2n) is 7.19. The van der Waals surface area contributed by atoms with E-state index in [1.807, 2.05) is 18.0 Å². The molecule has 29 heavy (non-hydrogen) atoms. The summed E-state index contributed by atoms with van der Waals surface area (Å²) in [5, 5.41) is 24.0. The predicted octanol–water partition coefficient (Wildman–Crippen LogP) is 3.47. The molecule has 8 heteroatoms. The number of aliphatic hydroxyl groups excluding tert-OH is 1. The Morgan fingerprint density at radius 3 is 2.69 bits per heavy atom. The highest BCUT2D eigenvalue weighted by Gasteiger charge is 2.33. The van der Waals surface area contributed by atoms with Crippen molar-refractivity contribution in [3.8, 4) is 17.4 Å². The lowest BCUT2D eigenvalue weighted by atomic mass is 9.85. The molecule has 1 fully saturated rings. The van der Waals surface area contributed by atoms with Gasteiger partial charge in [0, 0.05) is 24.1 Å². The first kappa shape index (κ1) is 19.1. The highest BCUT2D eigenvalue weighted by molar-refractivity contribution is 5.93. The molecule has 2 aromatic carbocycles. The minimum atomic E-state index is -0.776. The van der Waals surface area contributed by atoms with E-state index in [9.17, 15) is 19.9 Å². The number of phenolic OH excluding ortho intramolecular Hbond substituents is 1. The normalized spacial score (nSPS) is 19.9. The van der Waals surface area contributed by atoms with E-state index >= 15 is 0 Å². The summed E-state index contributed by atoms with van der Waals surface area (Å²) in [6.45, 7) is 1.10. The molecule has 150 valence electrons. The quantitative estimate of drug-likeness (QED) is 0.649. The van der Waals surface area contributed by atoms with E-state index in [1.165, 1.54) is 0 Å². The Balaban J connectivity index is 1.91. The molecule has 2 N–H and O–H groups in total. The fourth-order valence-corrected chi connectivity index (χ4v) is 3.81. The zero-order valence-electron chi connectivity index (χ0n) is 15.7. The molecule has 2 atom stereocenters. The van der Waals surface area contributed by atoms with Crippen LogP contribution >= 0.6 is 0 Å². The highest BCUT2D eigenvalue weighted by Crippen LogP contribution is 2.43. The number of nitroso groups, excluding NO2 is 1. The smallest absolute Gasteiger partial charge is 0.294 e. The maximum Gasteiger partial charge on any atom is 0.294 e. The van der Waals surface area contributed by atoms with Gasteiger partial charge in [-0.15, -0.1) is 4.91 Å². The van der Waals surface area contributed by atoms with Gasteiger partial charge in [0.2, 0.25) is 0 Å². The van der Waals surface area contributed by atoms with Crippen molar-refractivity contribution >= 4 is 16.7 Å². The molecule has 0 aliphatic carbocycles. The molecule has 2 unspecified atom stereocenters. The molecule has 1 aromatic heterocycles. The van der Waals surface area contributed by atoms with E-state index in [1.54, 1.807) is 24.3 Å². The van der Waals surface area contributed by atoms with Crippen LogP contribution in [-0.4, -0.2) is 41.4 Å². The molecule has 8 nitrogen and oxygen atoms in total. The van der Waals surface area contributed by atoms with Gasteiger partial charge in [0.1, 0.15) is 17.2 Å². The third kappa shape index (κ3) is 3.59. The first-order valence-corrected chi connectivity index (χ1v) is 9.24. The largest absolute Gasteiger partial charge is 0.507 e. The summed E-state index contributed by atoms with van der Waals surface area (Å²) < 4.78 is 11.5. The average Bonchev–Trinajstić information content (AvgIpc) is 2.69. The molecule has 2 heterocycles. The number of hydrogen-bond acceptors (Lipinski definition) is 8. The van der Waals surface area contributed by atoms with Crippen LogP contribution in [0.3, 0.4) is 0 Å². The topological polar surface area (TPSA) is 113 Å². The lowest BCUT2D eigenvalue weighted by molar-refractivity contribution is 0.0630. The Kier molecular flexibility index (Phi) is 5.04. The summed E-state index contributed by atoms with van der Waals surface area (Å²) in [5.41, 5.74) is -0.450.